The first kappa shape index (κ1) is 15.5. The molecule has 2 rings (SSSR count). The van der Waals surface area contributed by atoms with Gasteiger partial charge in [0, 0.05) is 29.4 Å². The monoisotopic (exact) mass is 285 g/mol. The van der Waals surface area contributed by atoms with Crippen LogP contribution >= 0.6 is 0 Å². The van der Waals surface area contributed by atoms with Crippen LogP contribution < -0.4 is 4.74 Å². The van der Waals surface area contributed by atoms with Crippen molar-refractivity contribution in [3.8, 4) is 5.75 Å². The number of pyridine rings is 1. The molecule has 1 N–H and O–H groups in total. The molecule has 0 saturated heterocycles. The summed E-state index contributed by atoms with van der Waals surface area (Å²) in [7, 11) is 1.67. The lowest BCUT2D eigenvalue weighted by Crippen LogP contribution is -2.08. The van der Waals surface area contributed by atoms with Crippen LogP contribution in [0, 0.1) is 27.7 Å². The SMILES string of the molecule is COc1c(C)cnc(CC(O)c2cccc(C)c2C)c1C. The van der Waals surface area contributed by atoms with E-state index >= 15 is 0 Å². The van der Waals surface area contributed by atoms with Gasteiger partial charge in [0.05, 0.1) is 13.2 Å². The molecule has 0 aliphatic heterocycles. The molecule has 3 heteroatoms. The van der Waals surface area contributed by atoms with Crippen LogP contribution in [0.15, 0.2) is 24.4 Å². The highest BCUT2D eigenvalue weighted by Crippen LogP contribution is 2.28. The minimum absolute atomic E-state index is 0.493. The Hall–Kier alpha value is -1.87. The maximum atomic E-state index is 10.6. The fraction of sp³-hybridized carbons (Fsp3) is 0.389. The van der Waals surface area contributed by atoms with E-state index in [9.17, 15) is 5.11 Å². The van der Waals surface area contributed by atoms with E-state index in [4.69, 9.17) is 4.74 Å². The summed E-state index contributed by atoms with van der Waals surface area (Å²) in [5.74, 6) is 0.855. The highest BCUT2D eigenvalue weighted by Gasteiger charge is 2.16. The molecule has 1 aromatic heterocycles. The molecule has 0 fully saturated rings. The number of hydrogen-bond acceptors (Lipinski definition) is 3. The number of aliphatic hydroxyl groups is 1. The second-order valence-electron chi connectivity index (χ2n) is 5.56. The van der Waals surface area contributed by atoms with Crippen LogP contribution in [0.2, 0.25) is 0 Å². The van der Waals surface area contributed by atoms with Gasteiger partial charge in [-0.15, -0.1) is 0 Å². The second kappa shape index (κ2) is 6.27. The third-order valence-electron chi connectivity index (χ3n) is 4.14. The van der Waals surface area contributed by atoms with Crippen molar-refractivity contribution in [2.45, 2.75) is 40.2 Å². The summed E-state index contributed by atoms with van der Waals surface area (Å²) in [6, 6.07) is 6.02. The van der Waals surface area contributed by atoms with Gasteiger partial charge in [-0.05, 0) is 44.4 Å². The van der Waals surface area contributed by atoms with Crippen molar-refractivity contribution in [2.24, 2.45) is 0 Å². The first-order valence-electron chi connectivity index (χ1n) is 7.19. The molecule has 1 heterocycles. The van der Waals surface area contributed by atoms with Gasteiger partial charge in [-0.3, -0.25) is 4.98 Å². The average molecular weight is 285 g/mol. The Bertz CT molecular complexity index is 650. The van der Waals surface area contributed by atoms with E-state index in [0.29, 0.717) is 6.42 Å². The van der Waals surface area contributed by atoms with Gasteiger partial charge >= 0.3 is 0 Å². The molecular weight excluding hydrogens is 262 g/mol. The molecule has 0 amide bonds. The molecule has 0 spiro atoms. The third kappa shape index (κ3) is 3.08. The first-order valence-corrected chi connectivity index (χ1v) is 7.19. The largest absolute Gasteiger partial charge is 0.496 e. The molecule has 1 aromatic carbocycles. The van der Waals surface area contributed by atoms with Gasteiger partial charge in [0.1, 0.15) is 5.75 Å². The molecule has 0 radical (unpaired) electrons. The van der Waals surface area contributed by atoms with Crippen LogP contribution in [0.3, 0.4) is 0 Å². The molecule has 21 heavy (non-hydrogen) atoms. The lowest BCUT2D eigenvalue weighted by Gasteiger charge is -2.17. The van der Waals surface area contributed by atoms with Crippen LogP contribution in [0.5, 0.6) is 5.75 Å². The molecule has 3 nitrogen and oxygen atoms in total. The van der Waals surface area contributed by atoms with Crippen molar-refractivity contribution in [3.05, 3.63) is 57.9 Å². The maximum absolute atomic E-state index is 10.6. The molecule has 1 atom stereocenters. The number of ether oxygens (including phenoxy) is 1. The lowest BCUT2D eigenvalue weighted by molar-refractivity contribution is 0.176. The molecule has 0 aliphatic rings. The Morgan fingerprint density at radius 2 is 1.81 bits per heavy atom. The smallest absolute Gasteiger partial charge is 0.128 e. The minimum atomic E-state index is -0.552. The van der Waals surface area contributed by atoms with E-state index in [1.807, 2.05) is 32.9 Å². The van der Waals surface area contributed by atoms with Crippen LogP contribution in [-0.4, -0.2) is 17.2 Å². The van der Waals surface area contributed by atoms with Crippen molar-refractivity contribution in [2.75, 3.05) is 7.11 Å². The van der Waals surface area contributed by atoms with Crippen LogP contribution in [0.4, 0.5) is 0 Å². The number of nitrogens with zero attached hydrogens (tertiary/aromatic N) is 1. The van der Waals surface area contributed by atoms with E-state index < -0.39 is 6.10 Å². The summed E-state index contributed by atoms with van der Waals surface area (Å²) in [5.41, 5.74) is 6.20. The summed E-state index contributed by atoms with van der Waals surface area (Å²) in [5, 5.41) is 10.6. The van der Waals surface area contributed by atoms with Crippen LogP contribution in [0.25, 0.3) is 0 Å². The van der Waals surface area contributed by atoms with Gasteiger partial charge < -0.3 is 9.84 Å². The Morgan fingerprint density at radius 1 is 1.10 bits per heavy atom. The maximum Gasteiger partial charge on any atom is 0.128 e. The number of benzene rings is 1. The van der Waals surface area contributed by atoms with Crippen molar-refractivity contribution in [1.82, 2.24) is 4.98 Å². The zero-order valence-electron chi connectivity index (χ0n) is 13.4. The molecule has 0 bridgehead atoms. The van der Waals surface area contributed by atoms with Crippen molar-refractivity contribution >= 4 is 0 Å². The van der Waals surface area contributed by atoms with E-state index in [2.05, 4.69) is 18.0 Å². The Kier molecular flexibility index (Phi) is 4.63. The third-order valence-corrected chi connectivity index (χ3v) is 4.14. The number of aliphatic hydroxyl groups excluding tert-OH is 1. The lowest BCUT2D eigenvalue weighted by atomic mass is 9.95. The van der Waals surface area contributed by atoms with E-state index in [1.165, 1.54) is 5.56 Å². The molecule has 2 aromatic rings. The quantitative estimate of drug-likeness (QED) is 0.933. The minimum Gasteiger partial charge on any atom is -0.496 e. The zero-order chi connectivity index (χ0) is 15.6. The van der Waals surface area contributed by atoms with Gasteiger partial charge in [-0.2, -0.15) is 0 Å². The molecule has 112 valence electrons. The highest BCUT2D eigenvalue weighted by molar-refractivity contribution is 5.42. The summed E-state index contributed by atoms with van der Waals surface area (Å²) >= 11 is 0. The highest BCUT2D eigenvalue weighted by atomic mass is 16.5. The molecule has 0 aliphatic carbocycles. The van der Waals surface area contributed by atoms with Crippen molar-refractivity contribution in [1.29, 1.82) is 0 Å². The Balaban J connectivity index is 2.32. The van der Waals surface area contributed by atoms with Crippen LogP contribution in [-0.2, 0) is 6.42 Å². The Morgan fingerprint density at radius 3 is 2.48 bits per heavy atom. The van der Waals surface area contributed by atoms with E-state index in [0.717, 1.165) is 33.7 Å². The molecular formula is C18H23NO2. The summed E-state index contributed by atoms with van der Waals surface area (Å²) < 4.78 is 5.42. The first-order chi connectivity index (χ1) is 9.95. The second-order valence-corrected chi connectivity index (χ2v) is 5.56. The van der Waals surface area contributed by atoms with Crippen LogP contribution in [0.1, 0.15) is 39.6 Å². The number of aryl methyl sites for hydroxylation is 2. The van der Waals surface area contributed by atoms with Crippen molar-refractivity contribution in [3.63, 3.8) is 0 Å². The van der Waals surface area contributed by atoms with Gasteiger partial charge in [-0.1, -0.05) is 18.2 Å². The van der Waals surface area contributed by atoms with Crippen molar-refractivity contribution < 1.29 is 9.84 Å². The van der Waals surface area contributed by atoms with E-state index in [1.54, 1.807) is 13.3 Å². The number of hydrogen-bond donors (Lipinski definition) is 1. The fourth-order valence-corrected chi connectivity index (χ4v) is 2.70. The number of rotatable bonds is 4. The predicted octanol–water partition coefficient (Wildman–Crippen LogP) is 3.60. The summed E-state index contributed by atoms with van der Waals surface area (Å²) in [6.07, 6.45) is 1.74. The van der Waals surface area contributed by atoms with Gasteiger partial charge in [0.25, 0.3) is 0 Å². The molecule has 0 saturated carbocycles. The summed E-state index contributed by atoms with van der Waals surface area (Å²) in [4.78, 5) is 4.46. The predicted molar refractivity (Wildman–Crippen MR) is 84.8 cm³/mol. The van der Waals surface area contributed by atoms with Gasteiger partial charge in [-0.25, -0.2) is 0 Å². The zero-order valence-corrected chi connectivity index (χ0v) is 13.4. The fourth-order valence-electron chi connectivity index (χ4n) is 2.70. The van der Waals surface area contributed by atoms with Gasteiger partial charge in [0.2, 0.25) is 0 Å². The average Bonchev–Trinajstić information content (AvgIpc) is 2.45. The normalized spacial score (nSPS) is 12.3. The Labute approximate surface area is 126 Å². The number of methoxy groups -OCH3 is 1. The summed E-state index contributed by atoms with van der Waals surface area (Å²) in [6.45, 7) is 8.07. The van der Waals surface area contributed by atoms with E-state index in [-0.39, 0.29) is 0 Å². The molecule has 1 unspecified atom stereocenters. The topological polar surface area (TPSA) is 42.4 Å². The standard InChI is InChI=1S/C18H23NO2/c1-11-7-6-8-15(13(11)3)17(20)9-16-14(4)18(21-5)12(2)10-19-16/h6-8,10,17,20H,9H2,1-5H3. The number of aromatic nitrogens is 1. The van der Waals surface area contributed by atoms with Gasteiger partial charge in [0.15, 0.2) is 0 Å².